The number of halogens is 2. The molecule has 9 rings (SSSR count). The van der Waals surface area contributed by atoms with E-state index >= 15 is 0 Å². The van der Waals surface area contributed by atoms with Gasteiger partial charge in [0.1, 0.15) is 6.07 Å². The maximum atomic E-state index is 13.8. The van der Waals surface area contributed by atoms with Gasteiger partial charge in [-0.3, -0.25) is 9.99 Å². The Morgan fingerprint density at radius 2 is 1.88 bits per heavy atom. The Labute approximate surface area is 244 Å². The molecular weight excluding hydrogens is 539 g/mol. The fraction of sp³-hybridized carbons (Fsp3) is 0.452. The third-order valence-electron chi connectivity index (χ3n) is 9.67. The lowest BCUT2D eigenvalue weighted by Gasteiger charge is -2.54. The molecule has 5 fully saturated rings. The zero-order chi connectivity index (χ0) is 28.6. The zero-order valence-corrected chi connectivity index (χ0v) is 23.3. The number of hydrogen-bond acceptors (Lipinski definition) is 8. The van der Waals surface area contributed by atoms with Gasteiger partial charge in [-0.1, -0.05) is 17.7 Å². The standard InChI is InChI=1S/C31H32ClFN8/c32-25-11-22(37-30(18-1-4-27(33)35-13-18)26-15-41(40-39-26)23-2-3-23)10-24-29(21(12-34)14-36-31(24)25)38-28-19-6-16-5-17(8-19)9-20(28)7-16/h1,4,10-11,13-17,19-20,23,28,30,37,39-40H,2-3,5-9H2,(H,36,38)/t16?,17?,19?,20?,28?,30-/m1/s1/i30D. The van der Waals surface area contributed by atoms with Crippen LogP contribution in [0.2, 0.25) is 5.02 Å². The lowest BCUT2D eigenvalue weighted by atomic mass is 9.54. The fourth-order valence-corrected chi connectivity index (χ4v) is 8.14. The van der Waals surface area contributed by atoms with E-state index in [1.807, 2.05) is 17.3 Å². The van der Waals surface area contributed by atoms with E-state index in [0.717, 1.165) is 35.8 Å². The van der Waals surface area contributed by atoms with Crippen molar-refractivity contribution in [3.63, 3.8) is 0 Å². The lowest BCUT2D eigenvalue weighted by molar-refractivity contribution is 0.00757. The van der Waals surface area contributed by atoms with Crippen LogP contribution >= 0.6 is 11.6 Å². The number of benzene rings is 1. The molecule has 4 N–H and O–H groups in total. The Bertz CT molecular complexity index is 1610. The Hall–Kier alpha value is -3.61. The van der Waals surface area contributed by atoms with E-state index in [0.29, 0.717) is 57.0 Å². The van der Waals surface area contributed by atoms with Crippen LogP contribution in [-0.4, -0.2) is 27.1 Å². The molecule has 3 aromatic rings. The first-order valence-corrected chi connectivity index (χ1v) is 15.0. The number of pyridine rings is 2. The third-order valence-corrected chi connectivity index (χ3v) is 9.95. The highest BCUT2D eigenvalue weighted by Crippen LogP contribution is 2.54. The summed E-state index contributed by atoms with van der Waals surface area (Å²) in [6.45, 7) is 0. The largest absolute Gasteiger partial charge is 0.380 e. The molecule has 1 atom stereocenters. The highest BCUT2D eigenvalue weighted by Gasteiger charge is 2.48. The van der Waals surface area contributed by atoms with Crippen LogP contribution < -0.4 is 21.6 Å². The van der Waals surface area contributed by atoms with Crippen molar-refractivity contribution in [3.8, 4) is 6.07 Å². The summed E-state index contributed by atoms with van der Waals surface area (Å²) < 4.78 is 23.4. The smallest absolute Gasteiger partial charge is 0.212 e. The monoisotopic (exact) mass is 571 g/mol. The Kier molecular flexibility index (Phi) is 5.71. The molecule has 0 spiro atoms. The number of hydrogen-bond donors (Lipinski definition) is 4. The molecule has 1 aromatic carbocycles. The molecule has 5 aliphatic carbocycles. The molecular formula is C31H32ClFN8. The van der Waals surface area contributed by atoms with Gasteiger partial charge in [0, 0.05) is 41.8 Å². The van der Waals surface area contributed by atoms with Gasteiger partial charge in [0.05, 0.1) is 34.9 Å². The first-order chi connectivity index (χ1) is 20.4. The molecule has 5 saturated carbocycles. The number of rotatable bonds is 7. The molecule has 6 aliphatic rings. The zero-order valence-electron chi connectivity index (χ0n) is 23.5. The van der Waals surface area contributed by atoms with Gasteiger partial charge in [-0.15, -0.1) is 5.53 Å². The first kappa shape index (κ1) is 24.0. The van der Waals surface area contributed by atoms with Gasteiger partial charge in [0.15, 0.2) is 0 Å². The molecule has 41 heavy (non-hydrogen) atoms. The summed E-state index contributed by atoms with van der Waals surface area (Å²) in [4.78, 5) is 8.39. The summed E-state index contributed by atoms with van der Waals surface area (Å²) in [5, 5.41) is 20.4. The van der Waals surface area contributed by atoms with E-state index in [-0.39, 0.29) is 0 Å². The summed E-state index contributed by atoms with van der Waals surface area (Å²) in [6.07, 6.45) is 13.4. The van der Waals surface area contributed by atoms with E-state index in [2.05, 4.69) is 37.6 Å². The summed E-state index contributed by atoms with van der Waals surface area (Å²) in [7, 11) is 0. The molecule has 0 radical (unpaired) electrons. The van der Waals surface area contributed by atoms with E-state index in [9.17, 15) is 11.0 Å². The quantitative estimate of drug-likeness (QED) is 0.256. The van der Waals surface area contributed by atoms with Crippen LogP contribution in [0.25, 0.3) is 10.9 Å². The predicted molar refractivity (Wildman–Crippen MR) is 156 cm³/mol. The SMILES string of the molecule is [2H][C@](Nc1cc(Cl)c2ncc(C#N)c(NC3C4CC5CC(C4)CC3C5)c2c1)(C1=CN(C2CC2)NN1)c1ccc(F)nc1. The Balaban J connectivity index is 1.19. The normalized spacial score (nSPS) is 29.9. The average Bonchev–Trinajstić information content (AvgIpc) is 3.70. The van der Waals surface area contributed by atoms with Crippen LogP contribution in [0.5, 0.6) is 0 Å². The summed E-state index contributed by atoms with van der Waals surface area (Å²) in [5.74, 6) is 2.30. The van der Waals surface area contributed by atoms with E-state index in [4.69, 9.17) is 11.6 Å². The topological polar surface area (TPSA) is 101 Å². The minimum atomic E-state index is -1.55. The minimum absolute atomic E-state index is 0.318. The second-order valence-electron chi connectivity index (χ2n) is 12.4. The number of hydrazine groups is 2. The summed E-state index contributed by atoms with van der Waals surface area (Å²) >= 11 is 6.83. The number of nitrogens with one attached hydrogen (secondary N) is 4. The highest BCUT2D eigenvalue weighted by atomic mass is 35.5. The number of fused-ring (bicyclic) bond motifs is 1. The summed E-state index contributed by atoms with van der Waals surface area (Å²) in [5.41, 5.74) is 9.66. The Morgan fingerprint density at radius 1 is 1.10 bits per heavy atom. The van der Waals surface area contributed by atoms with Crippen molar-refractivity contribution in [2.75, 3.05) is 10.6 Å². The van der Waals surface area contributed by atoms with Gasteiger partial charge in [-0.25, -0.2) is 4.98 Å². The van der Waals surface area contributed by atoms with Crippen LogP contribution in [0.1, 0.15) is 63.5 Å². The van der Waals surface area contributed by atoms with E-state index in [1.165, 1.54) is 44.4 Å². The number of nitrogens with zero attached hydrogens (tertiary/aromatic N) is 4. The molecule has 4 bridgehead atoms. The van der Waals surface area contributed by atoms with Crippen LogP contribution in [0.4, 0.5) is 15.8 Å². The highest BCUT2D eigenvalue weighted by molar-refractivity contribution is 6.35. The van der Waals surface area contributed by atoms with Crippen LogP contribution in [0, 0.1) is 41.0 Å². The third kappa shape index (κ3) is 4.54. The van der Waals surface area contributed by atoms with Crippen LogP contribution in [-0.2, 0) is 0 Å². The molecule has 0 saturated heterocycles. The van der Waals surface area contributed by atoms with Gasteiger partial charge in [0.2, 0.25) is 5.95 Å². The molecule has 3 heterocycles. The minimum Gasteiger partial charge on any atom is -0.380 e. The van der Waals surface area contributed by atoms with Crippen molar-refractivity contribution in [1.82, 2.24) is 25.9 Å². The molecule has 0 amide bonds. The Morgan fingerprint density at radius 3 is 2.56 bits per heavy atom. The maximum Gasteiger partial charge on any atom is 0.212 e. The van der Waals surface area contributed by atoms with Crippen molar-refractivity contribution < 1.29 is 5.76 Å². The molecule has 210 valence electrons. The van der Waals surface area contributed by atoms with Gasteiger partial charge >= 0.3 is 0 Å². The van der Waals surface area contributed by atoms with Crippen LogP contribution in [0.3, 0.4) is 0 Å². The summed E-state index contributed by atoms with van der Waals surface area (Å²) in [6, 6.07) is 7.95. The van der Waals surface area contributed by atoms with Crippen molar-refractivity contribution >= 4 is 33.9 Å². The second-order valence-corrected chi connectivity index (χ2v) is 12.8. The van der Waals surface area contributed by atoms with Crippen molar-refractivity contribution in [2.45, 2.75) is 63.0 Å². The van der Waals surface area contributed by atoms with Gasteiger partial charge < -0.3 is 16.1 Å². The van der Waals surface area contributed by atoms with Crippen molar-refractivity contribution in [3.05, 3.63) is 70.7 Å². The molecule has 10 heteroatoms. The van der Waals surface area contributed by atoms with E-state index < -0.39 is 12.0 Å². The van der Waals surface area contributed by atoms with Crippen molar-refractivity contribution in [1.29, 1.82) is 5.26 Å². The maximum absolute atomic E-state index is 13.8. The molecule has 8 nitrogen and oxygen atoms in total. The molecule has 1 aliphatic heterocycles. The lowest BCUT2D eigenvalue weighted by Crippen LogP contribution is -2.51. The predicted octanol–water partition coefficient (Wildman–Crippen LogP) is 6.01. The van der Waals surface area contributed by atoms with Gasteiger partial charge in [-0.05, 0) is 92.4 Å². The van der Waals surface area contributed by atoms with Crippen molar-refractivity contribution in [2.24, 2.45) is 23.7 Å². The number of anilines is 2. The number of aromatic nitrogens is 2. The van der Waals surface area contributed by atoms with Gasteiger partial charge in [0.25, 0.3) is 0 Å². The second kappa shape index (κ2) is 9.74. The average molecular weight is 572 g/mol. The van der Waals surface area contributed by atoms with Crippen LogP contribution in [0.15, 0.2) is 48.6 Å². The van der Waals surface area contributed by atoms with E-state index in [1.54, 1.807) is 18.3 Å². The fourth-order valence-electron chi connectivity index (χ4n) is 7.87. The number of nitriles is 1. The van der Waals surface area contributed by atoms with Gasteiger partial charge in [-0.2, -0.15) is 9.65 Å². The first-order valence-electron chi connectivity index (χ1n) is 15.1. The molecule has 2 aromatic heterocycles. The molecule has 0 unspecified atom stereocenters.